The third-order valence-electron chi connectivity index (χ3n) is 5.11. The van der Waals surface area contributed by atoms with Crippen molar-refractivity contribution in [2.24, 2.45) is 0 Å². The molecule has 0 heterocycles. The minimum Gasteiger partial charge on any atom is -0.336 e. The Morgan fingerprint density at radius 3 is 1.48 bits per heavy atom. The van der Waals surface area contributed by atoms with Crippen LogP contribution in [-0.2, 0) is 0 Å². The summed E-state index contributed by atoms with van der Waals surface area (Å²) >= 11 is 0. The van der Waals surface area contributed by atoms with E-state index in [0.29, 0.717) is 0 Å². The van der Waals surface area contributed by atoms with Crippen LogP contribution in [0.1, 0.15) is 20.8 Å². The van der Waals surface area contributed by atoms with Gasteiger partial charge in [0, 0.05) is 16.9 Å². The van der Waals surface area contributed by atoms with Gasteiger partial charge in [0.15, 0.2) is 0 Å². The van der Waals surface area contributed by atoms with Crippen molar-refractivity contribution >= 4 is 11.4 Å². The van der Waals surface area contributed by atoms with Crippen LogP contribution in [0.3, 0.4) is 0 Å². The SMILES string of the molecule is CC(C)(C)N(c1ccc(-c2ccccc2)cc1)c1cccc(-c2ccccc2)c1. The second kappa shape index (κ2) is 7.97. The Bertz CT molecular complexity index is 1060. The van der Waals surface area contributed by atoms with E-state index in [1.807, 2.05) is 0 Å². The lowest BCUT2D eigenvalue weighted by atomic mass is 9.99. The number of benzene rings is 4. The molecule has 0 aromatic heterocycles. The predicted molar refractivity (Wildman–Crippen MR) is 126 cm³/mol. The maximum Gasteiger partial charge on any atom is 0.0422 e. The molecule has 1 heteroatoms. The van der Waals surface area contributed by atoms with Crippen LogP contribution in [0.15, 0.2) is 109 Å². The van der Waals surface area contributed by atoms with Crippen LogP contribution in [0.4, 0.5) is 11.4 Å². The van der Waals surface area contributed by atoms with Gasteiger partial charge in [-0.15, -0.1) is 0 Å². The van der Waals surface area contributed by atoms with Gasteiger partial charge in [0.1, 0.15) is 0 Å². The highest BCUT2D eigenvalue weighted by atomic mass is 15.2. The molecule has 0 spiro atoms. The van der Waals surface area contributed by atoms with Crippen LogP contribution in [0.5, 0.6) is 0 Å². The Labute approximate surface area is 174 Å². The van der Waals surface area contributed by atoms with Crippen LogP contribution < -0.4 is 4.90 Å². The Morgan fingerprint density at radius 2 is 0.931 bits per heavy atom. The molecule has 0 aliphatic carbocycles. The Hall–Kier alpha value is -3.32. The van der Waals surface area contributed by atoms with Crippen molar-refractivity contribution in [3.63, 3.8) is 0 Å². The van der Waals surface area contributed by atoms with Crippen LogP contribution in [0.2, 0.25) is 0 Å². The summed E-state index contributed by atoms with van der Waals surface area (Å²) in [5, 5.41) is 0. The molecule has 4 rings (SSSR count). The molecule has 0 atom stereocenters. The zero-order chi connectivity index (χ0) is 20.3. The molecule has 29 heavy (non-hydrogen) atoms. The van der Waals surface area contributed by atoms with E-state index in [0.717, 1.165) is 0 Å². The van der Waals surface area contributed by atoms with Crippen LogP contribution in [-0.4, -0.2) is 5.54 Å². The summed E-state index contributed by atoms with van der Waals surface area (Å²) in [6.45, 7) is 6.77. The van der Waals surface area contributed by atoms with E-state index in [2.05, 4.69) is 135 Å². The maximum atomic E-state index is 2.41. The van der Waals surface area contributed by atoms with Crippen LogP contribution in [0.25, 0.3) is 22.3 Å². The summed E-state index contributed by atoms with van der Waals surface area (Å²) in [5.41, 5.74) is 7.30. The minimum atomic E-state index is -0.0520. The first-order valence-electron chi connectivity index (χ1n) is 10.1. The van der Waals surface area contributed by atoms with Crippen molar-refractivity contribution in [3.05, 3.63) is 109 Å². The first-order chi connectivity index (χ1) is 14.0. The number of nitrogens with zero attached hydrogens (tertiary/aromatic N) is 1. The molecule has 0 aliphatic heterocycles. The lowest BCUT2D eigenvalue weighted by Crippen LogP contribution is -2.37. The minimum absolute atomic E-state index is 0.0520. The van der Waals surface area contributed by atoms with E-state index in [-0.39, 0.29) is 5.54 Å². The standard InChI is InChI=1S/C28H27N/c1-28(2,3)29(26-19-17-24(18-20-26)22-11-6-4-7-12-22)27-16-10-15-25(21-27)23-13-8-5-9-14-23/h4-21H,1-3H3. The van der Waals surface area contributed by atoms with Gasteiger partial charge in [-0.2, -0.15) is 0 Å². The van der Waals surface area contributed by atoms with Crippen molar-refractivity contribution in [3.8, 4) is 22.3 Å². The van der Waals surface area contributed by atoms with Crippen LogP contribution in [0, 0.1) is 0 Å². The monoisotopic (exact) mass is 377 g/mol. The molecule has 0 saturated heterocycles. The van der Waals surface area contributed by atoms with Crippen molar-refractivity contribution in [1.29, 1.82) is 0 Å². The highest BCUT2D eigenvalue weighted by Gasteiger charge is 2.23. The van der Waals surface area contributed by atoms with Gasteiger partial charge in [-0.05, 0) is 67.3 Å². The molecule has 0 unspecified atom stereocenters. The van der Waals surface area contributed by atoms with Gasteiger partial charge in [-0.1, -0.05) is 84.9 Å². The average molecular weight is 378 g/mol. The summed E-state index contributed by atoms with van der Waals surface area (Å²) in [6.07, 6.45) is 0. The average Bonchev–Trinajstić information content (AvgIpc) is 2.75. The Balaban J connectivity index is 1.73. The molecule has 4 aromatic rings. The van der Waals surface area contributed by atoms with E-state index in [1.165, 1.54) is 33.6 Å². The maximum absolute atomic E-state index is 2.41. The van der Waals surface area contributed by atoms with Crippen LogP contribution >= 0.6 is 0 Å². The van der Waals surface area contributed by atoms with Gasteiger partial charge in [0.2, 0.25) is 0 Å². The van der Waals surface area contributed by atoms with E-state index < -0.39 is 0 Å². The predicted octanol–water partition coefficient (Wildman–Crippen LogP) is 7.96. The van der Waals surface area contributed by atoms with E-state index in [9.17, 15) is 0 Å². The van der Waals surface area contributed by atoms with Crippen molar-refractivity contribution in [2.75, 3.05) is 4.90 Å². The lowest BCUT2D eigenvalue weighted by Gasteiger charge is -2.38. The molecular weight excluding hydrogens is 350 g/mol. The molecule has 0 radical (unpaired) electrons. The molecule has 0 bridgehead atoms. The third-order valence-corrected chi connectivity index (χ3v) is 5.11. The van der Waals surface area contributed by atoms with E-state index >= 15 is 0 Å². The van der Waals surface area contributed by atoms with Crippen molar-refractivity contribution in [1.82, 2.24) is 0 Å². The van der Waals surface area contributed by atoms with Gasteiger partial charge >= 0.3 is 0 Å². The fraction of sp³-hybridized carbons (Fsp3) is 0.143. The summed E-state index contributed by atoms with van der Waals surface area (Å²) < 4.78 is 0. The van der Waals surface area contributed by atoms with Gasteiger partial charge in [0.05, 0.1) is 0 Å². The fourth-order valence-electron chi connectivity index (χ4n) is 3.81. The largest absolute Gasteiger partial charge is 0.336 e. The van der Waals surface area contributed by atoms with Gasteiger partial charge in [-0.25, -0.2) is 0 Å². The molecule has 0 saturated carbocycles. The second-order valence-corrected chi connectivity index (χ2v) is 8.34. The number of hydrogen-bond donors (Lipinski definition) is 0. The molecular formula is C28H27N. The first-order valence-corrected chi connectivity index (χ1v) is 10.1. The zero-order valence-corrected chi connectivity index (χ0v) is 17.3. The Kier molecular flexibility index (Phi) is 5.22. The van der Waals surface area contributed by atoms with Gasteiger partial charge < -0.3 is 4.90 Å². The first kappa shape index (κ1) is 19.0. The highest BCUT2D eigenvalue weighted by Crippen LogP contribution is 2.36. The highest BCUT2D eigenvalue weighted by molar-refractivity contribution is 5.75. The second-order valence-electron chi connectivity index (χ2n) is 8.34. The van der Waals surface area contributed by atoms with E-state index in [4.69, 9.17) is 0 Å². The molecule has 144 valence electrons. The number of rotatable bonds is 4. The van der Waals surface area contributed by atoms with E-state index in [1.54, 1.807) is 0 Å². The van der Waals surface area contributed by atoms with Crippen molar-refractivity contribution < 1.29 is 0 Å². The summed E-state index contributed by atoms with van der Waals surface area (Å²) in [7, 11) is 0. The molecule has 0 amide bonds. The lowest BCUT2D eigenvalue weighted by molar-refractivity contribution is 0.560. The topological polar surface area (TPSA) is 3.24 Å². The smallest absolute Gasteiger partial charge is 0.0422 e. The molecule has 0 fully saturated rings. The van der Waals surface area contributed by atoms with Crippen molar-refractivity contribution in [2.45, 2.75) is 26.3 Å². The molecule has 0 N–H and O–H groups in total. The zero-order valence-electron chi connectivity index (χ0n) is 17.3. The number of anilines is 2. The molecule has 0 aliphatic rings. The van der Waals surface area contributed by atoms with Gasteiger partial charge in [0.25, 0.3) is 0 Å². The summed E-state index contributed by atoms with van der Waals surface area (Å²) in [6, 6.07) is 38.8. The summed E-state index contributed by atoms with van der Waals surface area (Å²) in [5.74, 6) is 0. The third kappa shape index (κ3) is 4.25. The summed E-state index contributed by atoms with van der Waals surface area (Å²) in [4.78, 5) is 2.41. The molecule has 1 nitrogen and oxygen atoms in total. The normalized spacial score (nSPS) is 11.3. The molecule has 4 aromatic carbocycles. The Morgan fingerprint density at radius 1 is 0.448 bits per heavy atom. The fourth-order valence-corrected chi connectivity index (χ4v) is 3.81. The van der Waals surface area contributed by atoms with Gasteiger partial charge in [-0.3, -0.25) is 0 Å². The number of hydrogen-bond acceptors (Lipinski definition) is 1. The quantitative estimate of drug-likeness (QED) is 0.349.